The predicted molar refractivity (Wildman–Crippen MR) is 143 cm³/mol. The highest BCUT2D eigenvalue weighted by Gasteiger charge is 2.22. The first kappa shape index (κ1) is 26.0. The molecule has 0 bridgehead atoms. The summed E-state index contributed by atoms with van der Waals surface area (Å²) in [5, 5.41) is 2.39. The van der Waals surface area contributed by atoms with Crippen LogP contribution < -0.4 is 5.32 Å². The van der Waals surface area contributed by atoms with Crippen LogP contribution in [0.4, 0.5) is 4.39 Å². The van der Waals surface area contributed by atoms with Crippen molar-refractivity contribution in [1.82, 2.24) is 5.32 Å². The van der Waals surface area contributed by atoms with Crippen molar-refractivity contribution in [3.05, 3.63) is 106 Å². The van der Waals surface area contributed by atoms with E-state index in [0.29, 0.717) is 16.7 Å². The number of hydrogen-bond donors (Lipinski definition) is 1. The molecule has 0 saturated carbocycles. The molecule has 0 saturated heterocycles. The fourth-order valence-electron chi connectivity index (χ4n) is 3.97. The smallest absolute Gasteiger partial charge is 0.308 e. The van der Waals surface area contributed by atoms with Gasteiger partial charge in [0.05, 0.1) is 23.9 Å². The number of thiophene rings is 1. The lowest BCUT2D eigenvalue weighted by Gasteiger charge is -2.18. The second kappa shape index (κ2) is 11.8. The van der Waals surface area contributed by atoms with Gasteiger partial charge in [0.15, 0.2) is 10.9 Å². The van der Waals surface area contributed by atoms with Crippen molar-refractivity contribution in [2.75, 3.05) is 6.61 Å². The lowest BCUT2D eigenvalue weighted by atomic mass is 10.00. The van der Waals surface area contributed by atoms with Crippen LogP contribution in [0.1, 0.15) is 51.9 Å². The van der Waals surface area contributed by atoms with E-state index in [1.807, 2.05) is 54.6 Å². The van der Waals surface area contributed by atoms with E-state index >= 15 is 0 Å². The zero-order valence-corrected chi connectivity index (χ0v) is 21.3. The van der Waals surface area contributed by atoms with Crippen molar-refractivity contribution in [2.45, 2.75) is 26.3 Å². The second-order valence-electron chi connectivity index (χ2n) is 8.45. The number of nitrogens with one attached hydrogen (secondary N) is 1. The molecule has 188 valence electrons. The van der Waals surface area contributed by atoms with E-state index in [4.69, 9.17) is 4.74 Å². The summed E-state index contributed by atoms with van der Waals surface area (Å²) in [6, 6.07) is 24.7. The molecule has 0 aliphatic heterocycles. The molecule has 0 spiro atoms. The summed E-state index contributed by atoms with van der Waals surface area (Å²) < 4.78 is 20.0. The Bertz CT molecular complexity index is 1400. The van der Waals surface area contributed by atoms with Crippen LogP contribution in [0.3, 0.4) is 0 Å². The molecule has 1 heterocycles. The van der Waals surface area contributed by atoms with Gasteiger partial charge in [0.25, 0.3) is 5.91 Å². The molecule has 7 heteroatoms. The lowest BCUT2D eigenvalue weighted by Crippen LogP contribution is -2.30. The van der Waals surface area contributed by atoms with Crippen molar-refractivity contribution >= 4 is 29.0 Å². The van der Waals surface area contributed by atoms with Crippen LogP contribution in [0.2, 0.25) is 0 Å². The van der Waals surface area contributed by atoms with E-state index in [2.05, 4.69) is 5.32 Å². The molecule has 1 aromatic heterocycles. The number of rotatable bonds is 9. The number of esters is 1. The molecule has 0 fully saturated rings. The summed E-state index contributed by atoms with van der Waals surface area (Å²) in [5.41, 5.74) is 4.24. The minimum Gasteiger partial charge on any atom is -0.466 e. The largest absolute Gasteiger partial charge is 0.466 e. The first-order valence-corrected chi connectivity index (χ1v) is 12.7. The maximum atomic E-state index is 14.9. The summed E-state index contributed by atoms with van der Waals surface area (Å²) in [6.45, 7) is 3.49. The Labute approximate surface area is 218 Å². The fraction of sp³-hybridized carbons (Fsp3) is 0.167. The lowest BCUT2D eigenvalue weighted by molar-refractivity contribution is -0.143. The van der Waals surface area contributed by atoms with Gasteiger partial charge in [-0.25, -0.2) is 0 Å². The Morgan fingerprint density at radius 1 is 0.892 bits per heavy atom. The summed E-state index contributed by atoms with van der Waals surface area (Å²) >= 11 is 0.762. The van der Waals surface area contributed by atoms with Crippen molar-refractivity contribution in [2.24, 2.45) is 0 Å². The Hall–Kier alpha value is -4.10. The number of ether oxygens (including phenoxy) is 1. The third-order valence-electron chi connectivity index (χ3n) is 5.91. The second-order valence-corrected chi connectivity index (χ2v) is 9.46. The third-order valence-corrected chi connectivity index (χ3v) is 6.84. The zero-order chi connectivity index (χ0) is 26.4. The van der Waals surface area contributed by atoms with Crippen LogP contribution in [0.5, 0.6) is 0 Å². The van der Waals surface area contributed by atoms with Gasteiger partial charge in [-0.2, -0.15) is 4.39 Å². The monoisotopic (exact) mass is 515 g/mol. The van der Waals surface area contributed by atoms with E-state index in [-0.39, 0.29) is 23.7 Å². The number of carbonyl (C=O) groups excluding carboxylic acids is 3. The highest BCUT2D eigenvalue weighted by Crippen LogP contribution is 2.32. The van der Waals surface area contributed by atoms with Crippen LogP contribution in [0.15, 0.2) is 84.9 Å². The van der Waals surface area contributed by atoms with E-state index < -0.39 is 23.0 Å². The van der Waals surface area contributed by atoms with Crippen LogP contribution in [-0.4, -0.2) is 24.3 Å². The number of Topliss-reactive ketones (excluding diaryl/α,β-unsaturated/α-hetero) is 1. The van der Waals surface area contributed by atoms with Gasteiger partial charge >= 0.3 is 5.97 Å². The summed E-state index contributed by atoms with van der Waals surface area (Å²) in [4.78, 5) is 36.9. The molecular weight excluding hydrogens is 489 g/mol. The van der Waals surface area contributed by atoms with Gasteiger partial charge in [0.1, 0.15) is 0 Å². The first-order chi connectivity index (χ1) is 17.9. The molecule has 0 unspecified atom stereocenters. The molecule has 1 N–H and O–H groups in total. The normalized spacial score (nSPS) is 11.5. The van der Waals surface area contributed by atoms with Crippen LogP contribution in [-0.2, 0) is 9.53 Å². The van der Waals surface area contributed by atoms with E-state index in [0.717, 1.165) is 28.0 Å². The fourth-order valence-corrected chi connectivity index (χ4v) is 4.78. The topological polar surface area (TPSA) is 72.5 Å². The molecule has 0 aliphatic carbocycles. The third kappa shape index (κ3) is 6.37. The van der Waals surface area contributed by atoms with Gasteiger partial charge in [0, 0.05) is 11.1 Å². The number of benzene rings is 3. The highest BCUT2D eigenvalue weighted by molar-refractivity contribution is 7.12. The van der Waals surface area contributed by atoms with E-state index in [1.165, 1.54) is 13.0 Å². The number of halogens is 1. The summed E-state index contributed by atoms with van der Waals surface area (Å²) in [7, 11) is 0. The van der Waals surface area contributed by atoms with Crippen molar-refractivity contribution in [3.8, 4) is 22.3 Å². The number of hydrogen-bond acceptors (Lipinski definition) is 5. The maximum absolute atomic E-state index is 14.9. The quantitative estimate of drug-likeness (QED) is 0.195. The zero-order valence-electron chi connectivity index (χ0n) is 20.5. The molecule has 0 aliphatic rings. The molecule has 0 radical (unpaired) electrons. The van der Waals surface area contributed by atoms with Gasteiger partial charge in [-0.15, -0.1) is 11.3 Å². The maximum Gasteiger partial charge on any atom is 0.308 e. The average molecular weight is 516 g/mol. The molecule has 5 nitrogen and oxygen atoms in total. The standard InChI is InChI=1S/C30H26FNO4S/c1-3-36-28(34)18-26(24-7-5-4-6-8-24)32-30(35)27-17-25(29(31)37-27)23-15-13-22(14-16-23)21-11-9-20(10-12-21)19(2)33/h4-17,26H,3,18H2,1-2H3,(H,32,35)/t26-/m1/s1. The van der Waals surface area contributed by atoms with Gasteiger partial charge in [-0.1, -0.05) is 78.9 Å². The first-order valence-electron chi connectivity index (χ1n) is 11.9. The van der Waals surface area contributed by atoms with Crippen molar-refractivity contribution < 1.29 is 23.5 Å². The van der Waals surface area contributed by atoms with E-state index in [1.54, 1.807) is 31.2 Å². The van der Waals surface area contributed by atoms with Crippen LogP contribution in [0, 0.1) is 5.13 Å². The minimum atomic E-state index is -0.602. The van der Waals surface area contributed by atoms with Gasteiger partial charge in [-0.05, 0) is 42.2 Å². The van der Waals surface area contributed by atoms with E-state index in [9.17, 15) is 18.8 Å². The average Bonchev–Trinajstić information content (AvgIpc) is 3.31. The number of ketones is 1. The summed E-state index contributed by atoms with van der Waals surface area (Å²) in [5.74, 6) is -0.883. The minimum absolute atomic E-state index is 0.00523. The Kier molecular flexibility index (Phi) is 8.25. The van der Waals surface area contributed by atoms with Crippen LogP contribution in [0.25, 0.3) is 22.3 Å². The Morgan fingerprint density at radius 3 is 2.08 bits per heavy atom. The SMILES string of the molecule is CCOC(=O)C[C@@H](NC(=O)c1cc(-c2ccc(-c3ccc(C(C)=O)cc3)cc2)c(F)s1)c1ccccc1. The molecule has 4 rings (SSSR count). The highest BCUT2D eigenvalue weighted by atomic mass is 32.1. The summed E-state index contributed by atoms with van der Waals surface area (Å²) in [6.07, 6.45) is -0.0286. The molecule has 1 amide bonds. The predicted octanol–water partition coefficient (Wildman–Crippen LogP) is 6.85. The molecule has 3 aromatic carbocycles. The van der Waals surface area contributed by atoms with Gasteiger partial charge in [-0.3, -0.25) is 14.4 Å². The molecule has 4 aromatic rings. The van der Waals surface area contributed by atoms with Crippen LogP contribution >= 0.6 is 11.3 Å². The van der Waals surface area contributed by atoms with Gasteiger partial charge < -0.3 is 10.1 Å². The Morgan fingerprint density at radius 2 is 1.49 bits per heavy atom. The Balaban J connectivity index is 1.52. The molecule has 37 heavy (non-hydrogen) atoms. The molecule has 1 atom stereocenters. The molecular formula is C30H26FNO4S. The van der Waals surface area contributed by atoms with Crippen molar-refractivity contribution in [3.63, 3.8) is 0 Å². The number of amides is 1. The van der Waals surface area contributed by atoms with Gasteiger partial charge in [0.2, 0.25) is 0 Å². The van der Waals surface area contributed by atoms with Crippen molar-refractivity contribution in [1.29, 1.82) is 0 Å². The number of carbonyl (C=O) groups is 3.